The van der Waals surface area contributed by atoms with Crippen molar-refractivity contribution in [2.45, 2.75) is 13.3 Å². The van der Waals surface area contributed by atoms with Crippen LogP contribution < -0.4 is 10.1 Å². The summed E-state index contributed by atoms with van der Waals surface area (Å²) in [5.41, 5.74) is 0.584. The first kappa shape index (κ1) is 12.4. The Labute approximate surface area is 105 Å². The molecule has 0 spiro atoms. The summed E-state index contributed by atoms with van der Waals surface area (Å²) >= 11 is 0. The van der Waals surface area contributed by atoms with Crippen molar-refractivity contribution in [3.63, 3.8) is 0 Å². The van der Waals surface area contributed by atoms with Gasteiger partial charge in [0.05, 0.1) is 24.1 Å². The van der Waals surface area contributed by atoms with E-state index in [-0.39, 0.29) is 5.91 Å². The summed E-state index contributed by atoms with van der Waals surface area (Å²) in [6.45, 7) is 2.37. The molecule has 0 saturated heterocycles. The van der Waals surface area contributed by atoms with E-state index in [9.17, 15) is 9.59 Å². The standard InChI is InChI=1S/C13H15NO4/c1-2-18-11-6-4-3-5-10(11)14-12(15)8-7-9(8)13(16)17/h3-6,8-9H,2,7H2,1H3,(H,14,15)(H,16,17)/t8-,9+/m1/s1. The van der Waals surface area contributed by atoms with Gasteiger partial charge in [0.2, 0.25) is 5.91 Å². The molecule has 5 heteroatoms. The van der Waals surface area contributed by atoms with Crippen LogP contribution in [-0.2, 0) is 9.59 Å². The van der Waals surface area contributed by atoms with Gasteiger partial charge in [-0.3, -0.25) is 9.59 Å². The first-order valence-electron chi connectivity index (χ1n) is 5.89. The molecule has 1 aromatic carbocycles. The number of para-hydroxylation sites is 2. The average molecular weight is 249 g/mol. The van der Waals surface area contributed by atoms with Gasteiger partial charge in [0.15, 0.2) is 0 Å². The summed E-state index contributed by atoms with van der Waals surface area (Å²) < 4.78 is 5.38. The number of carboxylic acids is 1. The second kappa shape index (κ2) is 5.08. The zero-order valence-corrected chi connectivity index (χ0v) is 10.1. The van der Waals surface area contributed by atoms with Crippen molar-refractivity contribution in [2.75, 3.05) is 11.9 Å². The highest BCUT2D eigenvalue weighted by molar-refractivity contribution is 5.99. The van der Waals surface area contributed by atoms with Gasteiger partial charge in [0.1, 0.15) is 5.75 Å². The highest BCUT2D eigenvalue weighted by Gasteiger charge is 2.48. The molecule has 1 aliphatic rings. The number of benzene rings is 1. The quantitative estimate of drug-likeness (QED) is 0.833. The van der Waals surface area contributed by atoms with E-state index in [0.29, 0.717) is 24.5 Å². The Hall–Kier alpha value is -2.04. The zero-order valence-electron chi connectivity index (χ0n) is 10.1. The number of nitrogens with one attached hydrogen (secondary N) is 1. The predicted molar refractivity (Wildman–Crippen MR) is 65.5 cm³/mol. The smallest absolute Gasteiger partial charge is 0.307 e. The number of hydrogen-bond acceptors (Lipinski definition) is 3. The Morgan fingerprint density at radius 2 is 2.11 bits per heavy atom. The normalized spacial score (nSPS) is 21.2. The molecular formula is C13H15NO4. The minimum Gasteiger partial charge on any atom is -0.492 e. The molecule has 2 N–H and O–H groups in total. The van der Waals surface area contributed by atoms with Crippen LogP contribution in [0.5, 0.6) is 5.75 Å². The van der Waals surface area contributed by atoms with Crippen LogP contribution in [0.4, 0.5) is 5.69 Å². The zero-order chi connectivity index (χ0) is 13.1. The summed E-state index contributed by atoms with van der Waals surface area (Å²) in [7, 11) is 0. The molecule has 1 aliphatic carbocycles. The fraction of sp³-hybridized carbons (Fsp3) is 0.385. The van der Waals surface area contributed by atoms with Crippen molar-refractivity contribution >= 4 is 17.6 Å². The third-order valence-electron chi connectivity index (χ3n) is 2.89. The third kappa shape index (κ3) is 2.61. The summed E-state index contributed by atoms with van der Waals surface area (Å²) in [4.78, 5) is 22.5. The molecule has 1 amide bonds. The maximum atomic E-state index is 11.8. The lowest BCUT2D eigenvalue weighted by Gasteiger charge is -2.10. The van der Waals surface area contributed by atoms with Crippen LogP contribution in [-0.4, -0.2) is 23.6 Å². The minimum absolute atomic E-state index is 0.255. The minimum atomic E-state index is -0.909. The van der Waals surface area contributed by atoms with E-state index >= 15 is 0 Å². The largest absolute Gasteiger partial charge is 0.492 e. The number of rotatable bonds is 5. The first-order chi connectivity index (χ1) is 8.63. The highest BCUT2D eigenvalue weighted by Crippen LogP contribution is 2.40. The van der Waals surface area contributed by atoms with Crippen LogP contribution in [0, 0.1) is 11.8 Å². The molecule has 0 aliphatic heterocycles. The summed E-state index contributed by atoms with van der Waals surface area (Å²) in [5, 5.41) is 11.5. The van der Waals surface area contributed by atoms with Gasteiger partial charge in [0.25, 0.3) is 0 Å². The molecule has 2 rings (SSSR count). The van der Waals surface area contributed by atoms with Gasteiger partial charge in [-0.2, -0.15) is 0 Å². The van der Waals surface area contributed by atoms with Crippen LogP contribution in [0.1, 0.15) is 13.3 Å². The topological polar surface area (TPSA) is 75.6 Å². The molecular weight excluding hydrogens is 234 g/mol. The Balaban J connectivity index is 2.01. The van der Waals surface area contributed by atoms with Gasteiger partial charge in [-0.25, -0.2) is 0 Å². The molecule has 2 atom stereocenters. The third-order valence-corrected chi connectivity index (χ3v) is 2.89. The Kier molecular flexibility index (Phi) is 3.50. The lowest BCUT2D eigenvalue weighted by Crippen LogP contribution is -2.17. The summed E-state index contributed by atoms with van der Waals surface area (Å²) in [6, 6.07) is 7.11. The van der Waals surface area contributed by atoms with Gasteiger partial charge >= 0.3 is 5.97 Å². The van der Waals surface area contributed by atoms with Crippen molar-refractivity contribution in [2.24, 2.45) is 11.8 Å². The van der Waals surface area contributed by atoms with E-state index in [1.54, 1.807) is 18.2 Å². The molecule has 18 heavy (non-hydrogen) atoms. The highest BCUT2D eigenvalue weighted by atomic mass is 16.5. The molecule has 1 fully saturated rings. The molecule has 0 aromatic heterocycles. The number of anilines is 1. The van der Waals surface area contributed by atoms with Crippen molar-refractivity contribution in [1.29, 1.82) is 0 Å². The molecule has 0 unspecified atom stereocenters. The molecule has 96 valence electrons. The average Bonchev–Trinajstić information content (AvgIpc) is 3.12. The van der Waals surface area contributed by atoms with Gasteiger partial charge in [0, 0.05) is 0 Å². The Morgan fingerprint density at radius 1 is 1.39 bits per heavy atom. The number of carboxylic acid groups (broad SMARTS) is 1. The molecule has 0 bridgehead atoms. The van der Waals surface area contributed by atoms with Gasteiger partial charge in [-0.05, 0) is 25.5 Å². The van der Waals surface area contributed by atoms with E-state index in [2.05, 4.69) is 5.32 Å². The molecule has 5 nitrogen and oxygen atoms in total. The predicted octanol–water partition coefficient (Wildman–Crippen LogP) is 1.74. The number of carbonyl (C=O) groups excluding carboxylic acids is 1. The summed E-state index contributed by atoms with van der Waals surface area (Å²) in [5.74, 6) is -1.52. The van der Waals surface area contributed by atoms with Crippen molar-refractivity contribution in [3.8, 4) is 5.75 Å². The van der Waals surface area contributed by atoms with E-state index in [0.717, 1.165) is 0 Å². The number of hydrogen-bond donors (Lipinski definition) is 2. The van der Waals surface area contributed by atoms with Crippen LogP contribution >= 0.6 is 0 Å². The van der Waals surface area contributed by atoms with Gasteiger partial charge in [-0.1, -0.05) is 12.1 Å². The van der Waals surface area contributed by atoms with Crippen LogP contribution in [0.25, 0.3) is 0 Å². The lowest BCUT2D eigenvalue weighted by molar-refractivity contribution is -0.139. The molecule has 0 radical (unpaired) electrons. The van der Waals surface area contributed by atoms with Crippen LogP contribution in [0.15, 0.2) is 24.3 Å². The number of aliphatic carboxylic acids is 1. The van der Waals surface area contributed by atoms with E-state index in [1.807, 2.05) is 13.0 Å². The molecule has 1 aromatic rings. The van der Waals surface area contributed by atoms with Gasteiger partial charge in [-0.15, -0.1) is 0 Å². The maximum Gasteiger partial charge on any atom is 0.307 e. The Bertz CT molecular complexity index is 472. The fourth-order valence-electron chi connectivity index (χ4n) is 1.83. The van der Waals surface area contributed by atoms with E-state index in [1.165, 1.54) is 0 Å². The number of ether oxygens (including phenoxy) is 1. The molecule has 1 saturated carbocycles. The van der Waals surface area contributed by atoms with Gasteiger partial charge < -0.3 is 15.2 Å². The van der Waals surface area contributed by atoms with Crippen molar-refractivity contribution in [3.05, 3.63) is 24.3 Å². The first-order valence-corrected chi connectivity index (χ1v) is 5.89. The fourth-order valence-corrected chi connectivity index (χ4v) is 1.83. The SMILES string of the molecule is CCOc1ccccc1NC(=O)[C@@H]1C[C@@H]1C(=O)O. The monoisotopic (exact) mass is 249 g/mol. The van der Waals surface area contributed by atoms with Crippen LogP contribution in [0.3, 0.4) is 0 Å². The van der Waals surface area contributed by atoms with Crippen molar-refractivity contribution < 1.29 is 19.4 Å². The second-order valence-electron chi connectivity index (χ2n) is 4.21. The van der Waals surface area contributed by atoms with E-state index in [4.69, 9.17) is 9.84 Å². The van der Waals surface area contributed by atoms with Crippen LogP contribution in [0.2, 0.25) is 0 Å². The second-order valence-corrected chi connectivity index (χ2v) is 4.21. The van der Waals surface area contributed by atoms with E-state index < -0.39 is 17.8 Å². The lowest BCUT2D eigenvalue weighted by atomic mass is 10.2. The summed E-state index contributed by atoms with van der Waals surface area (Å²) in [6.07, 6.45) is 0.415. The molecule has 0 heterocycles. The number of carbonyl (C=O) groups is 2. The number of amides is 1. The Morgan fingerprint density at radius 3 is 2.72 bits per heavy atom. The maximum absolute atomic E-state index is 11.8. The van der Waals surface area contributed by atoms with Crippen molar-refractivity contribution in [1.82, 2.24) is 0 Å².